The summed E-state index contributed by atoms with van der Waals surface area (Å²) < 4.78 is 17.1. The van der Waals surface area contributed by atoms with Gasteiger partial charge in [-0.15, -0.1) is 0 Å². The third-order valence-electron chi connectivity index (χ3n) is 5.93. The summed E-state index contributed by atoms with van der Waals surface area (Å²) in [5.41, 5.74) is 1.22. The van der Waals surface area contributed by atoms with E-state index in [0.717, 1.165) is 17.0 Å². The van der Waals surface area contributed by atoms with Crippen LogP contribution in [0.25, 0.3) is 0 Å². The van der Waals surface area contributed by atoms with Crippen molar-refractivity contribution in [2.75, 3.05) is 26.1 Å². The van der Waals surface area contributed by atoms with Gasteiger partial charge in [-0.25, -0.2) is 4.79 Å². The van der Waals surface area contributed by atoms with Gasteiger partial charge in [-0.2, -0.15) is 0 Å². The molecule has 0 spiro atoms. The zero-order valence-corrected chi connectivity index (χ0v) is 19.0. The van der Waals surface area contributed by atoms with Crippen molar-refractivity contribution in [3.8, 4) is 5.75 Å². The maximum atomic E-state index is 13.0. The number of hydrogen-bond donors (Lipinski definition) is 2. The molecule has 0 aromatic heterocycles. The number of ether oxygens (including phenoxy) is 3. The molecule has 0 radical (unpaired) electrons. The molecule has 2 N–H and O–H groups in total. The maximum absolute atomic E-state index is 13.0. The standard InChI is InChI=1S/C26H28N2O5/c1-4-32-19-12-8-11-18(16-19)28-21(15-17-9-6-5-7-10-17)26-14-13-20(33-26)22(24(29)27-2)23(26)25(30)31-3/h5-14,16,20-21,28H,4,15H2,1-3H3,(H,27,29). The second kappa shape index (κ2) is 9.50. The van der Waals surface area contributed by atoms with Crippen LogP contribution in [0.3, 0.4) is 0 Å². The van der Waals surface area contributed by atoms with Crippen LogP contribution in [0.15, 0.2) is 77.9 Å². The van der Waals surface area contributed by atoms with Crippen LogP contribution in [-0.2, 0) is 25.5 Å². The molecule has 0 saturated heterocycles. The summed E-state index contributed by atoms with van der Waals surface area (Å²) in [5, 5.41) is 6.17. The van der Waals surface area contributed by atoms with Crippen LogP contribution in [0.5, 0.6) is 5.75 Å². The first-order valence-electron chi connectivity index (χ1n) is 11.0. The summed E-state index contributed by atoms with van der Waals surface area (Å²) in [5.74, 6) is -0.202. The number of amides is 1. The van der Waals surface area contributed by atoms with E-state index in [1.165, 1.54) is 14.2 Å². The minimum Gasteiger partial charge on any atom is -0.494 e. The Bertz CT molecular complexity index is 1090. The molecular formula is C26H28N2O5. The minimum atomic E-state index is -1.17. The van der Waals surface area contributed by atoms with Crippen molar-refractivity contribution in [2.24, 2.45) is 0 Å². The zero-order chi connectivity index (χ0) is 23.4. The molecule has 4 rings (SSSR count). The SMILES string of the molecule is CCOc1cccc(NC(Cc2ccccc2)C23C=CC(O2)C(C(=O)NC)=C3C(=O)OC)c1. The van der Waals surface area contributed by atoms with E-state index in [9.17, 15) is 9.59 Å². The van der Waals surface area contributed by atoms with Crippen LogP contribution in [0, 0.1) is 0 Å². The first-order chi connectivity index (χ1) is 16.0. The lowest BCUT2D eigenvalue weighted by Crippen LogP contribution is -2.49. The zero-order valence-electron chi connectivity index (χ0n) is 19.0. The summed E-state index contributed by atoms with van der Waals surface area (Å²) in [6.45, 7) is 2.49. The lowest BCUT2D eigenvalue weighted by Gasteiger charge is -2.36. The van der Waals surface area contributed by atoms with Gasteiger partial charge in [-0.05, 0) is 37.1 Å². The van der Waals surface area contributed by atoms with Gasteiger partial charge in [0.05, 0.1) is 30.9 Å². The first kappa shape index (κ1) is 22.6. The third-order valence-corrected chi connectivity index (χ3v) is 5.93. The van der Waals surface area contributed by atoms with Gasteiger partial charge in [0.2, 0.25) is 0 Å². The number of hydrogen-bond acceptors (Lipinski definition) is 6. The number of fused-ring (bicyclic) bond motifs is 2. The molecule has 0 saturated carbocycles. The maximum Gasteiger partial charge on any atom is 0.337 e. The molecule has 0 aliphatic carbocycles. The Labute approximate surface area is 193 Å². The van der Waals surface area contributed by atoms with Crippen LogP contribution in [0.2, 0.25) is 0 Å². The number of anilines is 1. The predicted molar refractivity (Wildman–Crippen MR) is 125 cm³/mol. The Kier molecular flexibility index (Phi) is 6.51. The van der Waals surface area contributed by atoms with Crippen molar-refractivity contribution >= 4 is 17.6 Å². The highest BCUT2D eigenvalue weighted by molar-refractivity contribution is 6.07. The highest BCUT2D eigenvalue weighted by Gasteiger charge is 2.57. The van der Waals surface area contributed by atoms with Gasteiger partial charge < -0.3 is 24.8 Å². The van der Waals surface area contributed by atoms with Crippen molar-refractivity contribution in [3.63, 3.8) is 0 Å². The van der Waals surface area contributed by atoms with Gasteiger partial charge in [0.1, 0.15) is 17.5 Å². The fourth-order valence-corrected chi connectivity index (χ4v) is 4.49. The van der Waals surface area contributed by atoms with Crippen LogP contribution in [0.1, 0.15) is 12.5 Å². The Hall–Kier alpha value is -3.58. The normalized spacial score (nSPS) is 21.6. The number of esters is 1. The van der Waals surface area contributed by atoms with E-state index in [-0.39, 0.29) is 17.1 Å². The van der Waals surface area contributed by atoms with Crippen LogP contribution in [-0.4, -0.2) is 50.4 Å². The second-order valence-electron chi connectivity index (χ2n) is 7.90. The number of carbonyl (C=O) groups is 2. The van der Waals surface area contributed by atoms with Crippen molar-refractivity contribution in [2.45, 2.75) is 31.1 Å². The molecule has 2 aromatic carbocycles. The molecule has 3 atom stereocenters. The average Bonchev–Trinajstić information content (AvgIpc) is 3.42. The fourth-order valence-electron chi connectivity index (χ4n) is 4.49. The van der Waals surface area contributed by atoms with Crippen molar-refractivity contribution in [1.29, 1.82) is 0 Å². The highest BCUT2D eigenvalue weighted by Crippen LogP contribution is 2.47. The van der Waals surface area contributed by atoms with Crippen LogP contribution >= 0.6 is 0 Å². The summed E-state index contributed by atoms with van der Waals surface area (Å²) in [6.07, 6.45) is 3.61. The van der Waals surface area contributed by atoms with Crippen molar-refractivity contribution < 1.29 is 23.8 Å². The van der Waals surface area contributed by atoms with Crippen LogP contribution < -0.4 is 15.4 Å². The van der Waals surface area contributed by atoms with E-state index in [2.05, 4.69) is 10.6 Å². The monoisotopic (exact) mass is 448 g/mol. The molecule has 0 fully saturated rings. The molecule has 33 heavy (non-hydrogen) atoms. The minimum absolute atomic E-state index is 0.228. The lowest BCUT2D eigenvalue weighted by molar-refractivity contribution is -0.138. The smallest absolute Gasteiger partial charge is 0.337 e. The Morgan fingerprint density at radius 3 is 2.64 bits per heavy atom. The summed E-state index contributed by atoms with van der Waals surface area (Å²) in [4.78, 5) is 25.7. The van der Waals surface area contributed by atoms with E-state index in [4.69, 9.17) is 14.2 Å². The molecule has 2 heterocycles. The molecule has 172 valence electrons. The number of carbonyl (C=O) groups excluding carboxylic acids is 2. The largest absolute Gasteiger partial charge is 0.494 e. The summed E-state index contributed by atoms with van der Waals surface area (Å²) in [7, 11) is 2.84. The van der Waals surface area contributed by atoms with Gasteiger partial charge in [0.25, 0.3) is 5.91 Å². The molecule has 7 nitrogen and oxygen atoms in total. The van der Waals surface area contributed by atoms with Gasteiger partial charge in [0, 0.05) is 18.8 Å². The van der Waals surface area contributed by atoms with E-state index < -0.39 is 23.7 Å². The molecule has 3 unspecified atom stereocenters. The Balaban J connectivity index is 1.79. The average molecular weight is 449 g/mol. The van der Waals surface area contributed by atoms with Crippen molar-refractivity contribution in [1.82, 2.24) is 5.32 Å². The quantitative estimate of drug-likeness (QED) is 0.453. The van der Waals surface area contributed by atoms with Crippen molar-refractivity contribution in [3.05, 3.63) is 83.5 Å². The highest BCUT2D eigenvalue weighted by atomic mass is 16.5. The van der Waals surface area contributed by atoms with Gasteiger partial charge in [-0.3, -0.25) is 4.79 Å². The summed E-state index contributed by atoms with van der Waals surface area (Å²) >= 11 is 0. The van der Waals surface area contributed by atoms with Gasteiger partial charge in [-0.1, -0.05) is 42.5 Å². The lowest BCUT2D eigenvalue weighted by atomic mass is 9.79. The van der Waals surface area contributed by atoms with E-state index in [0.29, 0.717) is 13.0 Å². The Morgan fingerprint density at radius 1 is 1.15 bits per heavy atom. The number of benzene rings is 2. The molecule has 2 aromatic rings. The molecule has 2 bridgehead atoms. The predicted octanol–water partition coefficient (Wildman–Crippen LogP) is 3.03. The summed E-state index contributed by atoms with van der Waals surface area (Å²) in [6, 6.07) is 17.2. The van der Waals surface area contributed by atoms with Gasteiger partial charge >= 0.3 is 5.97 Å². The molecule has 2 aliphatic heterocycles. The fraction of sp³-hybridized carbons (Fsp3) is 0.308. The van der Waals surface area contributed by atoms with E-state index in [1.807, 2.05) is 73.7 Å². The number of rotatable bonds is 9. The number of likely N-dealkylation sites (N-methyl/N-ethyl adjacent to an activating group) is 1. The Morgan fingerprint density at radius 2 is 1.94 bits per heavy atom. The second-order valence-corrected chi connectivity index (χ2v) is 7.90. The third kappa shape index (κ3) is 4.24. The topological polar surface area (TPSA) is 85.9 Å². The van der Waals surface area contributed by atoms with E-state index in [1.54, 1.807) is 0 Å². The molecule has 2 aliphatic rings. The molecule has 1 amide bonds. The molecule has 7 heteroatoms. The molecular weight excluding hydrogens is 420 g/mol. The van der Waals surface area contributed by atoms with Crippen LogP contribution in [0.4, 0.5) is 5.69 Å². The number of methoxy groups -OCH3 is 1. The first-order valence-corrected chi connectivity index (χ1v) is 11.0. The number of nitrogens with one attached hydrogen (secondary N) is 2. The van der Waals surface area contributed by atoms with Gasteiger partial charge in [0.15, 0.2) is 0 Å². The van der Waals surface area contributed by atoms with E-state index >= 15 is 0 Å².